The predicted molar refractivity (Wildman–Crippen MR) is 74.5 cm³/mol. The second-order valence-corrected chi connectivity index (χ2v) is 4.79. The molecule has 3 nitrogen and oxygen atoms in total. The zero-order valence-electron chi connectivity index (χ0n) is 10.8. The summed E-state index contributed by atoms with van der Waals surface area (Å²) in [4.78, 5) is 0. The van der Waals surface area contributed by atoms with E-state index in [2.05, 4.69) is 24.0 Å². The van der Waals surface area contributed by atoms with E-state index < -0.39 is 0 Å². The second-order valence-electron chi connectivity index (χ2n) is 4.45. The van der Waals surface area contributed by atoms with Gasteiger partial charge in [-0.3, -0.25) is 4.57 Å². The predicted octanol–water partition coefficient (Wildman–Crippen LogP) is 4.03. The van der Waals surface area contributed by atoms with E-state index in [1.54, 1.807) is 0 Å². The molecule has 0 atom stereocenters. The Kier molecular flexibility index (Phi) is 4.37. The van der Waals surface area contributed by atoms with Crippen LogP contribution in [0.1, 0.15) is 26.7 Å². The van der Waals surface area contributed by atoms with Gasteiger partial charge in [0.25, 0.3) is 0 Å². The smallest absolute Gasteiger partial charge is 0.225 e. The minimum absolute atomic E-state index is 0.473. The Hall–Kier alpha value is -1.35. The third kappa shape index (κ3) is 2.72. The summed E-state index contributed by atoms with van der Waals surface area (Å²) in [5.41, 5.74) is 1.06. The molecule has 0 bridgehead atoms. The van der Waals surface area contributed by atoms with E-state index in [0.29, 0.717) is 11.2 Å². The molecule has 1 heterocycles. The Labute approximate surface area is 113 Å². The van der Waals surface area contributed by atoms with E-state index in [-0.39, 0.29) is 0 Å². The van der Waals surface area contributed by atoms with Gasteiger partial charge in [0.1, 0.15) is 0 Å². The van der Waals surface area contributed by atoms with Crippen molar-refractivity contribution in [2.75, 3.05) is 0 Å². The Bertz CT molecular complexity index is 489. The summed E-state index contributed by atoms with van der Waals surface area (Å²) in [5.74, 6) is 1.47. The number of halogens is 1. The van der Waals surface area contributed by atoms with Gasteiger partial charge in [0.05, 0.1) is 0 Å². The van der Waals surface area contributed by atoms with Crippen molar-refractivity contribution in [2.45, 2.75) is 33.2 Å². The molecule has 0 aliphatic carbocycles. The van der Waals surface area contributed by atoms with Crippen molar-refractivity contribution in [1.29, 1.82) is 0 Å². The van der Waals surface area contributed by atoms with Crippen LogP contribution in [0, 0.1) is 5.92 Å². The zero-order valence-corrected chi connectivity index (χ0v) is 11.6. The maximum Gasteiger partial charge on any atom is 0.225 e. The molecule has 0 saturated carbocycles. The molecule has 1 aromatic heterocycles. The molecule has 2 rings (SSSR count). The van der Waals surface area contributed by atoms with Gasteiger partial charge in [-0.15, -0.1) is 10.2 Å². The molecule has 0 amide bonds. The van der Waals surface area contributed by atoms with Crippen LogP contribution in [-0.4, -0.2) is 14.8 Å². The van der Waals surface area contributed by atoms with Crippen molar-refractivity contribution >= 4 is 11.6 Å². The Morgan fingerprint density at radius 2 is 1.78 bits per heavy atom. The number of benzene rings is 1. The summed E-state index contributed by atoms with van der Waals surface area (Å²) in [5, 5.41) is 8.65. The van der Waals surface area contributed by atoms with Gasteiger partial charge in [-0.25, -0.2) is 0 Å². The van der Waals surface area contributed by atoms with Gasteiger partial charge in [0.15, 0.2) is 5.82 Å². The standard InChI is InChI=1S/C14H18ClN3/c1-3-11(4-2)10-18-13(16-17-14(18)15)12-8-6-5-7-9-12/h5-9,11H,3-4,10H2,1-2H3. The summed E-state index contributed by atoms with van der Waals surface area (Å²) in [6.07, 6.45) is 2.28. The summed E-state index contributed by atoms with van der Waals surface area (Å²) < 4.78 is 2.01. The lowest BCUT2D eigenvalue weighted by Crippen LogP contribution is -2.10. The maximum absolute atomic E-state index is 6.14. The summed E-state index contributed by atoms with van der Waals surface area (Å²) >= 11 is 6.14. The van der Waals surface area contributed by atoms with Crippen LogP contribution in [0.3, 0.4) is 0 Å². The number of nitrogens with zero attached hydrogens (tertiary/aromatic N) is 3. The van der Waals surface area contributed by atoms with Crippen molar-refractivity contribution in [1.82, 2.24) is 14.8 Å². The van der Waals surface area contributed by atoms with Gasteiger partial charge in [0, 0.05) is 12.1 Å². The van der Waals surface area contributed by atoms with Crippen molar-refractivity contribution in [3.8, 4) is 11.4 Å². The first-order chi connectivity index (χ1) is 8.76. The lowest BCUT2D eigenvalue weighted by atomic mass is 10.0. The zero-order chi connectivity index (χ0) is 13.0. The average Bonchev–Trinajstić information content (AvgIpc) is 2.78. The van der Waals surface area contributed by atoms with Crippen molar-refractivity contribution in [2.24, 2.45) is 5.92 Å². The molecule has 0 aliphatic heterocycles. The van der Waals surface area contributed by atoms with Gasteiger partial charge in [-0.1, -0.05) is 57.0 Å². The molecule has 18 heavy (non-hydrogen) atoms. The van der Waals surface area contributed by atoms with Crippen LogP contribution < -0.4 is 0 Å². The fourth-order valence-electron chi connectivity index (χ4n) is 2.05. The van der Waals surface area contributed by atoms with Crippen LogP contribution in [0.5, 0.6) is 0 Å². The first-order valence-electron chi connectivity index (χ1n) is 6.40. The third-order valence-electron chi connectivity index (χ3n) is 3.33. The molecule has 0 N–H and O–H groups in total. The van der Waals surface area contributed by atoms with E-state index >= 15 is 0 Å². The molecule has 0 saturated heterocycles. The highest BCUT2D eigenvalue weighted by atomic mass is 35.5. The van der Waals surface area contributed by atoms with Crippen LogP contribution in [0.15, 0.2) is 30.3 Å². The number of hydrogen-bond acceptors (Lipinski definition) is 2. The Morgan fingerprint density at radius 1 is 1.11 bits per heavy atom. The Morgan fingerprint density at radius 3 is 2.39 bits per heavy atom. The van der Waals surface area contributed by atoms with Crippen LogP contribution in [0.4, 0.5) is 0 Å². The first kappa shape index (κ1) is 13.1. The largest absolute Gasteiger partial charge is 0.298 e. The highest BCUT2D eigenvalue weighted by Gasteiger charge is 2.15. The van der Waals surface area contributed by atoms with E-state index in [1.807, 2.05) is 34.9 Å². The van der Waals surface area contributed by atoms with Crippen LogP contribution in [-0.2, 0) is 6.54 Å². The fourth-order valence-corrected chi connectivity index (χ4v) is 2.24. The molecular weight excluding hydrogens is 246 g/mol. The third-order valence-corrected chi connectivity index (χ3v) is 3.61. The van der Waals surface area contributed by atoms with Crippen LogP contribution >= 0.6 is 11.6 Å². The first-order valence-corrected chi connectivity index (χ1v) is 6.78. The number of aromatic nitrogens is 3. The SMILES string of the molecule is CCC(CC)Cn1c(Cl)nnc1-c1ccccc1. The summed E-state index contributed by atoms with van der Waals surface area (Å²) in [6.45, 7) is 5.28. The fraction of sp³-hybridized carbons (Fsp3) is 0.429. The highest BCUT2D eigenvalue weighted by molar-refractivity contribution is 6.28. The molecule has 96 valence electrons. The molecule has 0 spiro atoms. The van der Waals surface area contributed by atoms with Crippen molar-refractivity contribution < 1.29 is 0 Å². The van der Waals surface area contributed by atoms with E-state index in [0.717, 1.165) is 30.8 Å². The number of hydrogen-bond donors (Lipinski definition) is 0. The average molecular weight is 264 g/mol. The molecular formula is C14H18ClN3. The summed E-state index contributed by atoms with van der Waals surface area (Å²) in [6, 6.07) is 10.1. The van der Waals surface area contributed by atoms with Crippen LogP contribution in [0.25, 0.3) is 11.4 Å². The number of rotatable bonds is 5. The van der Waals surface area contributed by atoms with Gasteiger partial charge in [-0.05, 0) is 17.5 Å². The molecule has 0 radical (unpaired) electrons. The Balaban J connectivity index is 2.33. The van der Waals surface area contributed by atoms with E-state index in [4.69, 9.17) is 11.6 Å². The minimum atomic E-state index is 0.473. The maximum atomic E-state index is 6.14. The lowest BCUT2D eigenvalue weighted by molar-refractivity contribution is 0.420. The molecule has 1 aromatic carbocycles. The highest BCUT2D eigenvalue weighted by Crippen LogP contribution is 2.23. The molecule has 0 aliphatic rings. The van der Waals surface area contributed by atoms with Gasteiger partial charge >= 0.3 is 0 Å². The van der Waals surface area contributed by atoms with Gasteiger partial charge in [0.2, 0.25) is 5.28 Å². The van der Waals surface area contributed by atoms with Gasteiger partial charge < -0.3 is 0 Å². The van der Waals surface area contributed by atoms with Crippen molar-refractivity contribution in [3.05, 3.63) is 35.6 Å². The van der Waals surface area contributed by atoms with E-state index in [9.17, 15) is 0 Å². The second kappa shape index (κ2) is 6.01. The molecule has 4 heteroatoms. The molecule has 2 aromatic rings. The van der Waals surface area contributed by atoms with E-state index in [1.165, 1.54) is 0 Å². The normalized spacial score (nSPS) is 11.1. The van der Waals surface area contributed by atoms with Crippen LogP contribution in [0.2, 0.25) is 5.28 Å². The topological polar surface area (TPSA) is 30.7 Å². The van der Waals surface area contributed by atoms with Gasteiger partial charge in [-0.2, -0.15) is 0 Å². The minimum Gasteiger partial charge on any atom is -0.298 e. The summed E-state index contributed by atoms with van der Waals surface area (Å²) in [7, 11) is 0. The molecule has 0 unspecified atom stereocenters. The molecule has 0 fully saturated rings. The lowest BCUT2D eigenvalue weighted by Gasteiger charge is -2.15. The quantitative estimate of drug-likeness (QED) is 0.815. The van der Waals surface area contributed by atoms with Crippen molar-refractivity contribution in [3.63, 3.8) is 0 Å². The monoisotopic (exact) mass is 263 g/mol.